The van der Waals surface area contributed by atoms with Gasteiger partial charge in [-0.05, 0) is 49.5 Å². The van der Waals surface area contributed by atoms with E-state index in [-0.39, 0.29) is 0 Å². The summed E-state index contributed by atoms with van der Waals surface area (Å²) in [5.41, 5.74) is 3.35. The number of rotatable bonds is 1. The summed E-state index contributed by atoms with van der Waals surface area (Å²) >= 11 is 0. The van der Waals surface area contributed by atoms with Crippen LogP contribution in [0.4, 0.5) is 0 Å². The van der Waals surface area contributed by atoms with Crippen molar-refractivity contribution in [2.75, 3.05) is 0 Å². The van der Waals surface area contributed by atoms with Crippen molar-refractivity contribution in [3.05, 3.63) is 35.4 Å². The van der Waals surface area contributed by atoms with E-state index in [4.69, 9.17) is 0 Å². The van der Waals surface area contributed by atoms with E-state index < -0.39 is 0 Å². The van der Waals surface area contributed by atoms with Crippen LogP contribution in [-0.4, -0.2) is 0 Å². The van der Waals surface area contributed by atoms with Crippen molar-refractivity contribution in [3.8, 4) is 0 Å². The summed E-state index contributed by atoms with van der Waals surface area (Å²) in [5.74, 6) is 0.934. The van der Waals surface area contributed by atoms with E-state index in [0.29, 0.717) is 5.41 Å². The van der Waals surface area contributed by atoms with Crippen molar-refractivity contribution in [1.82, 2.24) is 0 Å². The Hall–Kier alpha value is -0.780. The molecule has 15 heavy (non-hydrogen) atoms. The number of aryl methyl sites for hydroxylation is 1. The average Bonchev–Trinajstić information content (AvgIpc) is 2.24. The molecule has 1 aromatic rings. The maximum absolute atomic E-state index is 2.43. The highest BCUT2D eigenvalue weighted by Gasteiger charge is 2.30. The molecule has 0 heterocycles. The summed E-state index contributed by atoms with van der Waals surface area (Å²) in [6, 6.07) is 9.15. The van der Waals surface area contributed by atoms with Crippen LogP contribution >= 0.6 is 0 Å². The van der Waals surface area contributed by atoms with Crippen LogP contribution in [0.5, 0.6) is 0 Å². The summed E-state index contributed by atoms with van der Waals surface area (Å²) in [6.45, 7) is 6.98. The third-order valence-corrected chi connectivity index (χ3v) is 4.13. The molecule has 0 atom stereocenters. The Labute approximate surface area is 93.7 Å². The van der Waals surface area contributed by atoms with Crippen LogP contribution in [0.25, 0.3) is 0 Å². The first kappa shape index (κ1) is 10.7. The Bertz CT molecular complexity index is 312. The van der Waals surface area contributed by atoms with Crippen LogP contribution in [0.1, 0.15) is 50.7 Å². The quantitative estimate of drug-likeness (QED) is 0.630. The van der Waals surface area contributed by atoms with Gasteiger partial charge in [0, 0.05) is 0 Å². The fraction of sp³-hybridized carbons (Fsp3) is 0.600. The molecule has 1 saturated carbocycles. The molecule has 0 aromatic heterocycles. The van der Waals surface area contributed by atoms with Crippen LogP contribution in [0.15, 0.2) is 24.3 Å². The van der Waals surface area contributed by atoms with E-state index in [1.807, 2.05) is 0 Å². The molecule has 82 valence electrons. The van der Waals surface area contributed by atoms with Crippen LogP contribution in [0, 0.1) is 12.8 Å². The Morgan fingerprint density at radius 2 is 1.60 bits per heavy atom. The second kappa shape index (κ2) is 4.00. The van der Waals surface area contributed by atoms with Crippen LogP contribution in [0.2, 0.25) is 0 Å². The SMILES string of the molecule is Cc1ccc(C2(C)CCC(C)CC2)cc1. The Balaban J connectivity index is 2.18. The molecule has 0 saturated heterocycles. The molecule has 0 N–H and O–H groups in total. The zero-order chi connectivity index (χ0) is 10.9. The van der Waals surface area contributed by atoms with Crippen molar-refractivity contribution < 1.29 is 0 Å². The second-order valence-corrected chi connectivity index (χ2v) is 5.61. The Kier molecular flexibility index (Phi) is 2.86. The van der Waals surface area contributed by atoms with Gasteiger partial charge >= 0.3 is 0 Å². The lowest BCUT2D eigenvalue weighted by Crippen LogP contribution is -2.27. The number of hydrogen-bond acceptors (Lipinski definition) is 0. The first-order valence-electron chi connectivity index (χ1n) is 6.17. The van der Waals surface area contributed by atoms with Gasteiger partial charge in [0.15, 0.2) is 0 Å². The highest BCUT2D eigenvalue weighted by atomic mass is 14.3. The Morgan fingerprint density at radius 1 is 1.07 bits per heavy atom. The number of benzene rings is 1. The Morgan fingerprint density at radius 3 is 2.13 bits per heavy atom. The van der Waals surface area contributed by atoms with Crippen molar-refractivity contribution >= 4 is 0 Å². The molecule has 0 heteroatoms. The fourth-order valence-electron chi connectivity index (χ4n) is 2.64. The van der Waals surface area contributed by atoms with Crippen LogP contribution in [0.3, 0.4) is 0 Å². The summed E-state index contributed by atoms with van der Waals surface area (Å²) in [7, 11) is 0. The summed E-state index contributed by atoms with van der Waals surface area (Å²) in [5, 5.41) is 0. The van der Waals surface area contributed by atoms with Gasteiger partial charge in [-0.15, -0.1) is 0 Å². The summed E-state index contributed by atoms with van der Waals surface area (Å²) < 4.78 is 0. The van der Waals surface area contributed by atoms with E-state index in [1.165, 1.54) is 31.2 Å². The normalized spacial score (nSPS) is 31.5. The molecule has 2 rings (SSSR count). The van der Waals surface area contributed by atoms with Gasteiger partial charge < -0.3 is 0 Å². The van der Waals surface area contributed by atoms with Crippen molar-refractivity contribution in [3.63, 3.8) is 0 Å². The topological polar surface area (TPSA) is 0 Å². The zero-order valence-corrected chi connectivity index (χ0v) is 10.2. The minimum atomic E-state index is 0.445. The average molecular weight is 202 g/mol. The zero-order valence-electron chi connectivity index (χ0n) is 10.2. The van der Waals surface area contributed by atoms with Gasteiger partial charge in [0.05, 0.1) is 0 Å². The van der Waals surface area contributed by atoms with Crippen molar-refractivity contribution in [2.24, 2.45) is 5.92 Å². The minimum absolute atomic E-state index is 0.445. The molecule has 0 nitrogen and oxygen atoms in total. The molecule has 1 fully saturated rings. The van der Waals surface area contributed by atoms with E-state index in [2.05, 4.69) is 45.0 Å². The van der Waals surface area contributed by atoms with E-state index in [0.717, 1.165) is 5.92 Å². The minimum Gasteiger partial charge on any atom is -0.0625 e. The van der Waals surface area contributed by atoms with Crippen molar-refractivity contribution in [1.29, 1.82) is 0 Å². The highest BCUT2D eigenvalue weighted by Crippen LogP contribution is 2.40. The molecule has 0 amide bonds. The van der Waals surface area contributed by atoms with Gasteiger partial charge in [0.2, 0.25) is 0 Å². The van der Waals surface area contributed by atoms with Gasteiger partial charge in [0.1, 0.15) is 0 Å². The predicted octanol–water partition coefficient (Wildman–Crippen LogP) is 4.46. The predicted molar refractivity (Wildman–Crippen MR) is 66.2 cm³/mol. The van der Waals surface area contributed by atoms with Gasteiger partial charge in [0.25, 0.3) is 0 Å². The standard InChI is InChI=1S/C15H22/c1-12-4-6-14(7-5-12)15(3)10-8-13(2)9-11-15/h4-7,13H,8-11H2,1-3H3. The molecule has 0 unspecified atom stereocenters. The molecule has 0 aliphatic heterocycles. The molecule has 1 aliphatic carbocycles. The molecule has 0 spiro atoms. The van der Waals surface area contributed by atoms with Gasteiger partial charge in [-0.3, -0.25) is 0 Å². The maximum atomic E-state index is 2.43. The molecular formula is C15H22. The van der Waals surface area contributed by atoms with Crippen molar-refractivity contribution in [2.45, 2.75) is 51.9 Å². The maximum Gasteiger partial charge on any atom is -0.00750 e. The lowest BCUT2D eigenvalue weighted by molar-refractivity contribution is 0.261. The third kappa shape index (κ3) is 2.25. The van der Waals surface area contributed by atoms with Gasteiger partial charge in [-0.2, -0.15) is 0 Å². The molecule has 0 bridgehead atoms. The fourth-order valence-corrected chi connectivity index (χ4v) is 2.64. The van der Waals surface area contributed by atoms with Gasteiger partial charge in [-0.1, -0.05) is 43.7 Å². The third-order valence-electron chi connectivity index (χ3n) is 4.13. The smallest absolute Gasteiger partial charge is 0.00750 e. The van der Waals surface area contributed by atoms with E-state index in [9.17, 15) is 0 Å². The van der Waals surface area contributed by atoms with E-state index in [1.54, 1.807) is 5.56 Å². The lowest BCUT2D eigenvalue weighted by atomic mass is 9.68. The van der Waals surface area contributed by atoms with Gasteiger partial charge in [-0.25, -0.2) is 0 Å². The monoisotopic (exact) mass is 202 g/mol. The summed E-state index contributed by atoms with van der Waals surface area (Å²) in [4.78, 5) is 0. The lowest BCUT2D eigenvalue weighted by Gasteiger charge is -2.37. The molecule has 1 aliphatic rings. The molecule has 1 aromatic carbocycles. The van der Waals surface area contributed by atoms with Crippen LogP contribution < -0.4 is 0 Å². The van der Waals surface area contributed by atoms with E-state index >= 15 is 0 Å². The number of hydrogen-bond donors (Lipinski definition) is 0. The second-order valence-electron chi connectivity index (χ2n) is 5.61. The molecular weight excluding hydrogens is 180 g/mol. The molecule has 0 radical (unpaired) electrons. The first-order valence-corrected chi connectivity index (χ1v) is 6.17. The highest BCUT2D eigenvalue weighted by molar-refractivity contribution is 5.28. The van der Waals surface area contributed by atoms with Crippen LogP contribution in [-0.2, 0) is 5.41 Å². The largest absolute Gasteiger partial charge is 0.0625 e. The summed E-state index contributed by atoms with van der Waals surface area (Å²) in [6.07, 6.45) is 5.50. The first-order chi connectivity index (χ1) is 7.10.